The van der Waals surface area contributed by atoms with E-state index in [1.54, 1.807) is 13.0 Å². The lowest BCUT2D eigenvalue weighted by Crippen LogP contribution is -2.28. The van der Waals surface area contributed by atoms with Crippen molar-refractivity contribution in [3.63, 3.8) is 0 Å². The summed E-state index contributed by atoms with van der Waals surface area (Å²) < 4.78 is 27.5. The standard InChI is InChI=1S/C9H11BrN6O2S/c1-5(9-12-15-16-13-9)14-19(17,18)8-4-6(10)2-3-7(8)11/h2-5,14H,11H2,1H3,(H,12,13,15,16). The maximum absolute atomic E-state index is 12.2. The highest BCUT2D eigenvalue weighted by Crippen LogP contribution is 2.24. The number of nitrogens with one attached hydrogen (secondary N) is 2. The Morgan fingerprint density at radius 1 is 1.47 bits per heavy atom. The van der Waals surface area contributed by atoms with Gasteiger partial charge in [-0.05, 0) is 25.1 Å². The van der Waals surface area contributed by atoms with E-state index in [0.717, 1.165) is 0 Å². The summed E-state index contributed by atoms with van der Waals surface area (Å²) in [6.45, 7) is 1.61. The van der Waals surface area contributed by atoms with Crippen LogP contribution in [0.1, 0.15) is 18.8 Å². The lowest BCUT2D eigenvalue weighted by Gasteiger charge is -2.12. The average Bonchev–Trinajstić information content (AvgIpc) is 2.85. The van der Waals surface area contributed by atoms with Crippen LogP contribution in [0.2, 0.25) is 0 Å². The van der Waals surface area contributed by atoms with Crippen LogP contribution in [0.15, 0.2) is 27.6 Å². The summed E-state index contributed by atoms with van der Waals surface area (Å²) in [7, 11) is -3.77. The first-order valence-electron chi connectivity index (χ1n) is 5.21. The van der Waals surface area contributed by atoms with Gasteiger partial charge in [0.15, 0.2) is 5.82 Å². The number of rotatable bonds is 4. The van der Waals surface area contributed by atoms with E-state index in [2.05, 4.69) is 41.3 Å². The van der Waals surface area contributed by atoms with Gasteiger partial charge in [0.25, 0.3) is 0 Å². The Labute approximate surface area is 118 Å². The molecule has 0 bridgehead atoms. The summed E-state index contributed by atoms with van der Waals surface area (Å²) in [5.41, 5.74) is 5.84. The Balaban J connectivity index is 2.30. The van der Waals surface area contributed by atoms with Gasteiger partial charge in [-0.25, -0.2) is 13.1 Å². The minimum atomic E-state index is -3.77. The molecule has 19 heavy (non-hydrogen) atoms. The van der Waals surface area contributed by atoms with Crippen LogP contribution in [0.5, 0.6) is 0 Å². The van der Waals surface area contributed by atoms with E-state index in [9.17, 15) is 8.42 Å². The monoisotopic (exact) mass is 346 g/mol. The Morgan fingerprint density at radius 3 is 2.84 bits per heavy atom. The number of hydrogen-bond acceptors (Lipinski definition) is 6. The summed E-state index contributed by atoms with van der Waals surface area (Å²) in [4.78, 5) is -0.00257. The topological polar surface area (TPSA) is 127 Å². The van der Waals surface area contributed by atoms with Gasteiger partial charge in [0, 0.05) is 4.47 Å². The van der Waals surface area contributed by atoms with E-state index in [0.29, 0.717) is 4.47 Å². The number of nitrogens with two attached hydrogens (primary N) is 1. The molecule has 2 rings (SSSR count). The lowest BCUT2D eigenvalue weighted by molar-refractivity contribution is 0.560. The van der Waals surface area contributed by atoms with Crippen LogP contribution in [0.4, 0.5) is 5.69 Å². The maximum Gasteiger partial charge on any atom is 0.243 e. The van der Waals surface area contributed by atoms with Crippen LogP contribution in [0.25, 0.3) is 0 Å². The number of anilines is 1. The highest BCUT2D eigenvalue weighted by Gasteiger charge is 2.23. The number of benzene rings is 1. The minimum Gasteiger partial charge on any atom is -0.398 e. The predicted octanol–water partition coefficient (Wildman–Crippen LogP) is 0.584. The van der Waals surface area contributed by atoms with Gasteiger partial charge in [0.05, 0.1) is 11.7 Å². The average molecular weight is 347 g/mol. The van der Waals surface area contributed by atoms with Gasteiger partial charge in [0.1, 0.15) is 4.90 Å². The third kappa shape index (κ3) is 3.08. The van der Waals surface area contributed by atoms with E-state index in [1.165, 1.54) is 12.1 Å². The Hall–Kier alpha value is -1.52. The normalized spacial score (nSPS) is 13.4. The fraction of sp³-hybridized carbons (Fsp3) is 0.222. The maximum atomic E-state index is 12.2. The number of tetrazole rings is 1. The summed E-state index contributed by atoms with van der Waals surface area (Å²) in [5.74, 6) is 0.247. The van der Waals surface area contributed by atoms with Crippen molar-refractivity contribution in [3.05, 3.63) is 28.5 Å². The molecule has 2 aromatic rings. The van der Waals surface area contributed by atoms with Crippen LogP contribution in [0.3, 0.4) is 0 Å². The number of nitrogen functional groups attached to an aromatic ring is 1. The summed E-state index contributed by atoms with van der Waals surface area (Å²) in [6.07, 6.45) is 0. The molecule has 0 aliphatic carbocycles. The van der Waals surface area contributed by atoms with E-state index >= 15 is 0 Å². The number of aromatic amines is 1. The third-order valence-corrected chi connectivity index (χ3v) is 4.44. The van der Waals surface area contributed by atoms with Gasteiger partial charge in [-0.3, -0.25) is 0 Å². The van der Waals surface area contributed by atoms with E-state index in [1.807, 2.05) is 0 Å². The Bertz CT molecular complexity index is 672. The Kier molecular flexibility index (Phi) is 3.83. The highest BCUT2D eigenvalue weighted by molar-refractivity contribution is 9.10. The first-order valence-corrected chi connectivity index (χ1v) is 7.48. The molecule has 0 saturated heterocycles. The molecular formula is C9H11BrN6O2S. The molecule has 8 nitrogen and oxygen atoms in total. The van der Waals surface area contributed by atoms with Crippen LogP contribution >= 0.6 is 15.9 Å². The smallest absolute Gasteiger partial charge is 0.243 e. The molecule has 102 valence electrons. The molecule has 0 fully saturated rings. The zero-order valence-corrected chi connectivity index (χ0v) is 12.2. The molecular weight excluding hydrogens is 336 g/mol. The molecule has 1 aromatic carbocycles. The molecule has 1 atom stereocenters. The van der Waals surface area contributed by atoms with Crippen LogP contribution in [-0.4, -0.2) is 29.0 Å². The van der Waals surface area contributed by atoms with Gasteiger partial charge < -0.3 is 5.73 Å². The quantitative estimate of drug-likeness (QED) is 0.695. The molecule has 10 heteroatoms. The summed E-state index contributed by atoms with van der Waals surface area (Å²) in [5, 5.41) is 13.1. The molecule has 0 spiro atoms. The number of aromatic nitrogens is 4. The Morgan fingerprint density at radius 2 is 2.21 bits per heavy atom. The van der Waals surface area contributed by atoms with Crippen molar-refractivity contribution in [3.8, 4) is 0 Å². The van der Waals surface area contributed by atoms with Crippen LogP contribution < -0.4 is 10.5 Å². The van der Waals surface area contributed by atoms with E-state index < -0.39 is 16.1 Å². The first-order chi connectivity index (χ1) is 8.90. The molecule has 1 heterocycles. The second-order valence-electron chi connectivity index (χ2n) is 3.80. The van der Waals surface area contributed by atoms with Gasteiger partial charge in [-0.2, -0.15) is 5.21 Å². The molecule has 0 aliphatic rings. The third-order valence-electron chi connectivity index (χ3n) is 2.35. The SMILES string of the molecule is CC(NS(=O)(=O)c1cc(Br)ccc1N)c1nn[nH]n1. The van der Waals surface area contributed by atoms with Crippen molar-refractivity contribution in [2.75, 3.05) is 5.73 Å². The van der Waals surface area contributed by atoms with E-state index in [-0.39, 0.29) is 16.4 Å². The predicted molar refractivity (Wildman–Crippen MR) is 71.5 cm³/mol. The number of halogens is 1. The second kappa shape index (κ2) is 5.23. The molecule has 0 saturated carbocycles. The van der Waals surface area contributed by atoms with Crippen LogP contribution in [0, 0.1) is 0 Å². The number of nitrogens with zero attached hydrogens (tertiary/aromatic N) is 3. The van der Waals surface area contributed by atoms with Crippen LogP contribution in [-0.2, 0) is 10.0 Å². The van der Waals surface area contributed by atoms with Crippen molar-refractivity contribution >= 4 is 31.6 Å². The van der Waals surface area contributed by atoms with Gasteiger partial charge >= 0.3 is 0 Å². The number of hydrogen-bond donors (Lipinski definition) is 3. The fourth-order valence-electron chi connectivity index (χ4n) is 1.44. The molecule has 1 unspecified atom stereocenters. The molecule has 4 N–H and O–H groups in total. The van der Waals surface area contributed by atoms with Crippen molar-refractivity contribution in [2.24, 2.45) is 0 Å². The van der Waals surface area contributed by atoms with Crippen molar-refractivity contribution in [2.45, 2.75) is 17.9 Å². The van der Waals surface area contributed by atoms with Crippen molar-refractivity contribution in [1.29, 1.82) is 0 Å². The highest BCUT2D eigenvalue weighted by atomic mass is 79.9. The van der Waals surface area contributed by atoms with Gasteiger partial charge in [-0.15, -0.1) is 10.2 Å². The largest absolute Gasteiger partial charge is 0.398 e. The summed E-state index contributed by atoms with van der Waals surface area (Å²) >= 11 is 3.21. The molecule has 0 amide bonds. The molecule has 0 aliphatic heterocycles. The fourth-order valence-corrected chi connectivity index (χ4v) is 3.31. The zero-order valence-electron chi connectivity index (χ0n) is 9.83. The van der Waals surface area contributed by atoms with Crippen molar-refractivity contribution < 1.29 is 8.42 Å². The van der Waals surface area contributed by atoms with E-state index in [4.69, 9.17) is 5.73 Å². The molecule has 0 radical (unpaired) electrons. The zero-order chi connectivity index (χ0) is 14.0. The summed E-state index contributed by atoms with van der Waals surface area (Å²) in [6, 6.07) is 3.98. The minimum absolute atomic E-state index is 0.00257. The number of H-pyrrole nitrogens is 1. The molecule has 1 aromatic heterocycles. The first kappa shape index (κ1) is 13.9. The lowest BCUT2D eigenvalue weighted by atomic mass is 10.3. The van der Waals surface area contributed by atoms with Crippen molar-refractivity contribution in [1.82, 2.24) is 25.3 Å². The second-order valence-corrected chi connectivity index (χ2v) is 6.39. The van der Waals surface area contributed by atoms with Gasteiger partial charge in [0.2, 0.25) is 10.0 Å². The van der Waals surface area contributed by atoms with Gasteiger partial charge in [-0.1, -0.05) is 21.1 Å². The number of sulfonamides is 1.